The van der Waals surface area contributed by atoms with Gasteiger partial charge in [0, 0.05) is 19.5 Å². The summed E-state index contributed by atoms with van der Waals surface area (Å²) >= 11 is 6.05. The minimum absolute atomic E-state index is 0.0278. The molecule has 136 valence electrons. The van der Waals surface area contributed by atoms with Crippen LogP contribution in [0.1, 0.15) is 29.6 Å². The summed E-state index contributed by atoms with van der Waals surface area (Å²) in [5.41, 5.74) is 0.0518. The molecule has 0 aromatic heterocycles. The fourth-order valence-electron chi connectivity index (χ4n) is 2.86. The van der Waals surface area contributed by atoms with Gasteiger partial charge < -0.3 is 9.47 Å². The van der Waals surface area contributed by atoms with Crippen molar-refractivity contribution in [2.75, 3.05) is 26.3 Å². The third-order valence-corrected chi connectivity index (χ3v) is 6.63. The van der Waals surface area contributed by atoms with Crippen molar-refractivity contribution in [3.8, 4) is 0 Å². The number of benzene rings is 1. The van der Waals surface area contributed by atoms with E-state index in [1.54, 1.807) is 0 Å². The van der Waals surface area contributed by atoms with Crippen LogP contribution in [0.25, 0.3) is 0 Å². The molecule has 1 aliphatic carbocycles. The van der Waals surface area contributed by atoms with Crippen molar-refractivity contribution >= 4 is 33.4 Å². The maximum Gasteiger partial charge on any atom is 0.338 e. The van der Waals surface area contributed by atoms with E-state index < -0.39 is 22.1 Å². The number of carbonyl (C=O) groups is 2. The normalized spacial score (nSPS) is 22.1. The third kappa shape index (κ3) is 3.87. The fraction of sp³-hybridized carbons (Fsp3) is 0.500. The molecule has 0 spiro atoms. The Morgan fingerprint density at radius 1 is 1.28 bits per heavy atom. The predicted molar refractivity (Wildman–Crippen MR) is 89.1 cm³/mol. The molecule has 1 aliphatic heterocycles. The lowest BCUT2D eigenvalue weighted by Gasteiger charge is -2.26. The average molecular weight is 388 g/mol. The van der Waals surface area contributed by atoms with E-state index in [0.717, 1.165) is 0 Å². The molecule has 0 bridgehead atoms. The van der Waals surface area contributed by atoms with Crippen LogP contribution in [-0.2, 0) is 24.3 Å². The number of carbonyl (C=O) groups excluding carboxylic acids is 2. The molecule has 0 N–H and O–H groups in total. The Morgan fingerprint density at radius 3 is 2.64 bits per heavy atom. The summed E-state index contributed by atoms with van der Waals surface area (Å²) in [6, 6.07) is 3.94. The number of ketones is 1. The first-order valence-electron chi connectivity index (χ1n) is 8.01. The van der Waals surface area contributed by atoms with Crippen LogP contribution in [0.4, 0.5) is 0 Å². The van der Waals surface area contributed by atoms with Crippen molar-refractivity contribution < 1.29 is 27.5 Å². The molecule has 2 fully saturated rings. The Kier molecular flexibility index (Phi) is 5.43. The van der Waals surface area contributed by atoms with Gasteiger partial charge in [-0.3, -0.25) is 4.79 Å². The molecule has 1 saturated heterocycles. The first-order chi connectivity index (χ1) is 11.9. The lowest BCUT2D eigenvalue weighted by molar-refractivity contribution is -0.124. The van der Waals surface area contributed by atoms with Crippen molar-refractivity contribution in [3.63, 3.8) is 0 Å². The van der Waals surface area contributed by atoms with Crippen molar-refractivity contribution in [2.45, 2.75) is 30.3 Å². The molecule has 7 nitrogen and oxygen atoms in total. The Morgan fingerprint density at radius 2 is 2.00 bits per heavy atom. The molecule has 1 aromatic rings. The third-order valence-electron chi connectivity index (χ3n) is 4.25. The topological polar surface area (TPSA) is 90.0 Å². The summed E-state index contributed by atoms with van der Waals surface area (Å²) in [7, 11) is -3.84. The van der Waals surface area contributed by atoms with Gasteiger partial charge in [0.15, 0.2) is 11.9 Å². The van der Waals surface area contributed by atoms with Crippen molar-refractivity contribution in [3.05, 3.63) is 28.8 Å². The van der Waals surface area contributed by atoms with Gasteiger partial charge in [-0.25, -0.2) is 13.2 Å². The van der Waals surface area contributed by atoms with E-state index in [1.807, 2.05) is 0 Å². The Balaban J connectivity index is 1.84. The van der Waals surface area contributed by atoms with Crippen LogP contribution in [-0.4, -0.2) is 56.9 Å². The Labute approximate surface area is 150 Å². The zero-order valence-electron chi connectivity index (χ0n) is 13.4. The standard InChI is InChI=1S/C16H18ClNO6S/c17-12-5-4-11(16(20)24-14-3-1-2-13(14)19)10-15(12)25(21,22)18-6-8-23-9-7-18/h4-5,10,14H,1-3,6-9H2/t14-/m0/s1. The molecule has 0 radical (unpaired) electrons. The minimum atomic E-state index is -3.84. The van der Waals surface area contributed by atoms with Crippen molar-refractivity contribution in [2.24, 2.45) is 0 Å². The van der Waals surface area contributed by atoms with Gasteiger partial charge in [0.05, 0.1) is 23.8 Å². The highest BCUT2D eigenvalue weighted by Crippen LogP contribution is 2.27. The Bertz CT molecular complexity index is 788. The van der Waals surface area contributed by atoms with Crippen LogP contribution in [0.15, 0.2) is 23.1 Å². The molecule has 0 unspecified atom stereocenters. The smallest absolute Gasteiger partial charge is 0.338 e. The summed E-state index contributed by atoms with van der Waals surface area (Å²) in [6.07, 6.45) is 0.836. The van der Waals surface area contributed by atoms with Crippen LogP contribution >= 0.6 is 11.6 Å². The predicted octanol–water partition coefficient (Wildman–Crippen LogP) is 1.64. The average Bonchev–Trinajstić information content (AvgIpc) is 3.00. The number of halogens is 1. The van der Waals surface area contributed by atoms with E-state index in [0.29, 0.717) is 32.5 Å². The van der Waals surface area contributed by atoms with Crippen LogP contribution in [0.5, 0.6) is 0 Å². The maximum atomic E-state index is 12.8. The molecule has 1 saturated carbocycles. The molecule has 1 heterocycles. The molecule has 9 heteroatoms. The van der Waals surface area contributed by atoms with Gasteiger partial charge in [-0.15, -0.1) is 0 Å². The number of ether oxygens (including phenoxy) is 2. The van der Waals surface area contributed by atoms with Crippen LogP contribution in [0.2, 0.25) is 5.02 Å². The first-order valence-corrected chi connectivity index (χ1v) is 9.82. The Hall–Kier alpha value is -1.48. The van der Waals surface area contributed by atoms with E-state index in [2.05, 4.69) is 0 Å². The number of hydrogen-bond acceptors (Lipinski definition) is 6. The second-order valence-corrected chi connectivity index (χ2v) is 8.23. The van der Waals surface area contributed by atoms with E-state index in [-0.39, 0.29) is 34.4 Å². The molecule has 1 atom stereocenters. The summed E-state index contributed by atoms with van der Waals surface area (Å²) in [6.45, 7) is 1.07. The largest absolute Gasteiger partial charge is 0.451 e. The van der Waals surface area contributed by atoms with Crippen molar-refractivity contribution in [1.82, 2.24) is 4.31 Å². The highest BCUT2D eigenvalue weighted by molar-refractivity contribution is 7.89. The van der Waals surface area contributed by atoms with Crippen molar-refractivity contribution in [1.29, 1.82) is 0 Å². The summed E-state index contributed by atoms with van der Waals surface area (Å²) < 4.78 is 37.2. The molecule has 1 aromatic carbocycles. The first kappa shape index (κ1) is 18.3. The SMILES string of the molecule is O=C(O[C@H]1CCCC1=O)c1ccc(Cl)c(S(=O)(=O)N2CCOCC2)c1. The minimum Gasteiger partial charge on any atom is -0.451 e. The summed E-state index contributed by atoms with van der Waals surface area (Å²) in [5.74, 6) is -0.834. The molecular weight excluding hydrogens is 370 g/mol. The molecule has 2 aliphatic rings. The van der Waals surface area contributed by atoms with E-state index in [4.69, 9.17) is 21.1 Å². The number of morpholine rings is 1. The van der Waals surface area contributed by atoms with Gasteiger partial charge in [0.1, 0.15) is 4.90 Å². The molecule has 3 rings (SSSR count). The van der Waals surface area contributed by atoms with E-state index in [9.17, 15) is 18.0 Å². The monoisotopic (exact) mass is 387 g/mol. The van der Waals surface area contributed by atoms with Crippen LogP contribution < -0.4 is 0 Å². The highest BCUT2D eigenvalue weighted by atomic mass is 35.5. The van der Waals surface area contributed by atoms with Gasteiger partial charge in [0.2, 0.25) is 10.0 Å². The highest BCUT2D eigenvalue weighted by Gasteiger charge is 2.31. The number of nitrogens with zero attached hydrogens (tertiary/aromatic N) is 1. The van der Waals surface area contributed by atoms with Gasteiger partial charge in [-0.05, 0) is 31.0 Å². The van der Waals surface area contributed by atoms with Crippen LogP contribution in [0, 0.1) is 0 Å². The summed E-state index contributed by atoms with van der Waals surface area (Å²) in [5, 5.41) is 0.0278. The number of esters is 1. The second-order valence-electron chi connectivity index (χ2n) is 5.91. The lowest BCUT2D eigenvalue weighted by atomic mass is 10.2. The number of rotatable bonds is 4. The summed E-state index contributed by atoms with van der Waals surface area (Å²) in [4.78, 5) is 23.7. The zero-order chi connectivity index (χ0) is 18.0. The number of Topliss-reactive ketones (excluding diaryl/α,β-unsaturated/α-hetero) is 1. The van der Waals surface area contributed by atoms with Gasteiger partial charge >= 0.3 is 5.97 Å². The maximum absolute atomic E-state index is 12.8. The zero-order valence-corrected chi connectivity index (χ0v) is 15.0. The molecular formula is C16H18ClNO6S. The van der Waals surface area contributed by atoms with Gasteiger partial charge in [-0.1, -0.05) is 11.6 Å². The van der Waals surface area contributed by atoms with E-state index >= 15 is 0 Å². The number of sulfonamides is 1. The van der Waals surface area contributed by atoms with Gasteiger partial charge in [0.25, 0.3) is 0 Å². The second kappa shape index (κ2) is 7.41. The van der Waals surface area contributed by atoms with E-state index in [1.165, 1.54) is 22.5 Å². The quantitative estimate of drug-likeness (QED) is 0.729. The molecule has 0 amide bonds. The lowest BCUT2D eigenvalue weighted by Crippen LogP contribution is -2.40. The van der Waals surface area contributed by atoms with Crippen LogP contribution in [0.3, 0.4) is 0 Å². The number of hydrogen-bond donors (Lipinski definition) is 0. The fourth-order valence-corrected chi connectivity index (χ4v) is 4.77. The van der Waals surface area contributed by atoms with Gasteiger partial charge in [-0.2, -0.15) is 4.31 Å². The molecule has 25 heavy (non-hydrogen) atoms.